The first-order valence-electron chi connectivity index (χ1n) is 28.5. The van der Waals surface area contributed by atoms with Crippen molar-refractivity contribution in [2.45, 2.75) is 131 Å². The van der Waals surface area contributed by atoms with Crippen molar-refractivity contribution >= 4 is 85.9 Å². The molecule has 6 aromatic heterocycles. The smallest absolute Gasteiger partial charge is 0.227 e. The number of nitrogens with zero attached hydrogens (tertiary/aromatic N) is 12. The normalized spacial score (nSPS) is 17.3. The highest BCUT2D eigenvalue weighted by Gasteiger charge is 2.23. The van der Waals surface area contributed by atoms with Gasteiger partial charge in [0.15, 0.2) is 50.9 Å². The summed E-state index contributed by atoms with van der Waals surface area (Å²) in [5.41, 5.74) is 11.5. The molecule has 21 nitrogen and oxygen atoms in total. The lowest BCUT2D eigenvalue weighted by Gasteiger charge is -2.24. The predicted octanol–water partition coefficient (Wildman–Crippen LogP) is 10.5. The molecular weight excluding hydrogens is 1000 g/mol. The Morgan fingerprint density at radius 3 is 1.04 bits per heavy atom. The molecule has 0 aliphatic carbocycles. The Morgan fingerprint density at radius 2 is 0.750 bits per heavy atom. The lowest BCUT2D eigenvalue weighted by atomic mass is 10.1. The van der Waals surface area contributed by atoms with E-state index in [2.05, 4.69) is 175 Å². The molecule has 420 valence electrons. The predicted molar refractivity (Wildman–Crippen MR) is 324 cm³/mol. The fourth-order valence-electron chi connectivity index (χ4n) is 10.2. The third kappa shape index (κ3) is 13.7. The monoisotopic (exact) mass is 1080 g/mol. The molecule has 21 heteroatoms. The van der Waals surface area contributed by atoms with Crippen LogP contribution in [0, 0.1) is 20.8 Å². The highest BCUT2D eigenvalue weighted by molar-refractivity contribution is 5.89. The van der Waals surface area contributed by atoms with Crippen molar-refractivity contribution in [2.75, 3.05) is 71.2 Å². The van der Waals surface area contributed by atoms with Gasteiger partial charge in [0.2, 0.25) is 17.8 Å². The zero-order valence-electron chi connectivity index (χ0n) is 47.8. The average molecular weight is 1080 g/mol. The molecule has 0 unspecified atom stereocenters. The maximum Gasteiger partial charge on any atom is 0.227 e. The number of hydrogen-bond acceptors (Lipinski definition) is 18. The van der Waals surface area contributed by atoms with Crippen molar-refractivity contribution in [3.05, 3.63) is 108 Å². The highest BCUT2D eigenvalue weighted by atomic mass is 15.3. The average Bonchev–Trinajstić information content (AvgIpc) is 4.30. The molecule has 0 bridgehead atoms. The molecule has 3 aliphatic heterocycles. The molecule has 3 aromatic carbocycles. The Bertz CT molecular complexity index is 3330. The van der Waals surface area contributed by atoms with Crippen LogP contribution in [0.2, 0.25) is 0 Å². The van der Waals surface area contributed by atoms with Gasteiger partial charge < -0.3 is 61.6 Å². The van der Waals surface area contributed by atoms with Gasteiger partial charge in [-0.3, -0.25) is 0 Å². The van der Waals surface area contributed by atoms with Crippen LogP contribution in [0.15, 0.2) is 91.8 Å². The third-order valence-corrected chi connectivity index (χ3v) is 14.4. The van der Waals surface area contributed by atoms with Gasteiger partial charge in [-0.2, -0.15) is 29.9 Å². The molecule has 0 spiro atoms. The van der Waals surface area contributed by atoms with Crippen LogP contribution in [0.4, 0.5) is 52.4 Å². The van der Waals surface area contributed by atoms with E-state index in [1.807, 2.05) is 55.4 Å². The fraction of sp³-hybridized carbons (Fsp3) is 0.441. The van der Waals surface area contributed by atoms with Gasteiger partial charge in [0.25, 0.3) is 0 Å². The topological polar surface area (TPSA) is 239 Å². The maximum absolute atomic E-state index is 4.78. The number of benzene rings is 3. The molecular formula is C59H79N21. The van der Waals surface area contributed by atoms with E-state index >= 15 is 0 Å². The number of aromatic nitrogens is 12. The van der Waals surface area contributed by atoms with Gasteiger partial charge in [-0.25, -0.2) is 15.0 Å². The second kappa shape index (κ2) is 25.4. The molecule has 3 saturated heterocycles. The lowest BCUT2D eigenvalue weighted by Crippen LogP contribution is -2.38. The summed E-state index contributed by atoms with van der Waals surface area (Å²) in [5.74, 6) is 4.13. The summed E-state index contributed by atoms with van der Waals surface area (Å²) >= 11 is 0. The number of aryl methyl sites for hydroxylation is 3. The Labute approximate surface area is 468 Å². The number of piperidine rings is 2. The zero-order valence-corrected chi connectivity index (χ0v) is 47.8. The minimum Gasteiger partial charge on any atom is -0.350 e. The van der Waals surface area contributed by atoms with Crippen LogP contribution in [-0.4, -0.2) is 116 Å². The molecule has 3 atom stereocenters. The van der Waals surface area contributed by atoms with E-state index in [1.165, 1.54) is 16.7 Å². The van der Waals surface area contributed by atoms with E-state index in [-0.39, 0.29) is 18.1 Å². The van der Waals surface area contributed by atoms with Crippen LogP contribution in [-0.2, 0) is 0 Å². The zero-order chi connectivity index (χ0) is 55.7. The van der Waals surface area contributed by atoms with Crippen molar-refractivity contribution < 1.29 is 0 Å². The van der Waals surface area contributed by atoms with Crippen LogP contribution in [0.25, 0.3) is 33.5 Å². The molecule has 3 aliphatic rings. The number of imidazole rings is 3. The summed E-state index contributed by atoms with van der Waals surface area (Å²) in [6.07, 6.45) is 11.2. The minimum absolute atomic E-state index is 0.279. The van der Waals surface area contributed by atoms with Crippen molar-refractivity contribution in [2.24, 2.45) is 0 Å². The lowest BCUT2D eigenvalue weighted by molar-refractivity contribution is 0.478. The summed E-state index contributed by atoms with van der Waals surface area (Å²) < 4.78 is 6.25. The van der Waals surface area contributed by atoms with Crippen molar-refractivity contribution in [3.63, 3.8) is 0 Å². The highest BCUT2D eigenvalue weighted by Crippen LogP contribution is 2.30. The molecule has 0 saturated carbocycles. The van der Waals surface area contributed by atoms with Crippen LogP contribution in [0.1, 0.15) is 108 Å². The quantitative estimate of drug-likeness (QED) is 0.0464. The van der Waals surface area contributed by atoms with E-state index in [0.29, 0.717) is 36.0 Å². The summed E-state index contributed by atoms with van der Waals surface area (Å²) in [5, 5.41) is 31.0. The Balaban J connectivity index is 0.000000135. The van der Waals surface area contributed by atoms with E-state index < -0.39 is 0 Å². The van der Waals surface area contributed by atoms with Crippen molar-refractivity contribution in [1.29, 1.82) is 0 Å². The van der Waals surface area contributed by atoms with Gasteiger partial charge in [-0.15, -0.1) is 0 Å². The summed E-state index contributed by atoms with van der Waals surface area (Å²) in [4.78, 5) is 42.3. The van der Waals surface area contributed by atoms with Crippen LogP contribution < -0.4 is 47.9 Å². The van der Waals surface area contributed by atoms with Crippen LogP contribution in [0.5, 0.6) is 0 Å². The summed E-state index contributed by atoms with van der Waals surface area (Å²) in [6, 6.07) is 26.7. The van der Waals surface area contributed by atoms with Crippen molar-refractivity contribution in [1.82, 2.24) is 74.5 Å². The molecule has 3 fully saturated rings. The third-order valence-electron chi connectivity index (χ3n) is 14.4. The number of rotatable bonds is 15. The molecule has 9 N–H and O–H groups in total. The molecule has 0 radical (unpaired) electrons. The van der Waals surface area contributed by atoms with E-state index in [0.717, 1.165) is 139 Å². The van der Waals surface area contributed by atoms with Gasteiger partial charge in [0, 0.05) is 72.9 Å². The van der Waals surface area contributed by atoms with E-state index in [4.69, 9.17) is 29.9 Å². The Hall–Kier alpha value is -8.01. The first-order valence-corrected chi connectivity index (χ1v) is 28.5. The minimum atomic E-state index is 0.279. The van der Waals surface area contributed by atoms with Gasteiger partial charge in [0.1, 0.15) is 0 Å². The van der Waals surface area contributed by atoms with E-state index in [9.17, 15) is 0 Å². The molecule has 9 aromatic rings. The Kier molecular flexibility index (Phi) is 17.6. The maximum atomic E-state index is 4.78. The second-order valence-corrected chi connectivity index (χ2v) is 22.1. The Morgan fingerprint density at radius 1 is 0.425 bits per heavy atom. The first-order chi connectivity index (χ1) is 38.8. The summed E-state index contributed by atoms with van der Waals surface area (Å²) in [6.45, 7) is 25.0. The van der Waals surface area contributed by atoms with Gasteiger partial charge in [-0.1, -0.05) is 36.4 Å². The fourth-order valence-corrected chi connectivity index (χ4v) is 10.2. The molecule has 9 heterocycles. The second-order valence-electron chi connectivity index (χ2n) is 22.1. The van der Waals surface area contributed by atoms with Crippen molar-refractivity contribution in [3.8, 4) is 0 Å². The SMILES string of the molecule is Cc1cccc(Nc2nc(N[C@@H]3CCCNC3)nc3c2ncn3C(C)C)c1.Cc1cccc(Nc2nc(N[C@H]3CCCNC3)nc3c2ncn3C(C)C)c1.Cc1cccc(Nc2nc(N[C@H]3CCNC3)nc3c2ncn3C(C)C)c1. The number of nitrogens with one attached hydrogen (secondary N) is 9. The van der Waals surface area contributed by atoms with Gasteiger partial charge >= 0.3 is 0 Å². The number of hydrogen-bond donors (Lipinski definition) is 9. The molecule has 12 rings (SSSR count). The largest absolute Gasteiger partial charge is 0.350 e. The number of fused-ring (bicyclic) bond motifs is 3. The van der Waals surface area contributed by atoms with Crippen LogP contribution >= 0.6 is 0 Å². The first kappa shape index (κ1) is 55.3. The van der Waals surface area contributed by atoms with Crippen LogP contribution in [0.3, 0.4) is 0 Å². The van der Waals surface area contributed by atoms with Gasteiger partial charge in [-0.05, 0) is 167 Å². The molecule has 80 heavy (non-hydrogen) atoms. The van der Waals surface area contributed by atoms with E-state index in [1.54, 1.807) is 0 Å². The van der Waals surface area contributed by atoms with Gasteiger partial charge in [0.05, 0.1) is 19.0 Å². The molecule has 0 amide bonds. The standard InChI is InChI=1S/2C20H27N7.C19H25N7/c2*1-13(2)27-12-22-17-18(23-15-7-4-6-14(3)10-15)25-20(26-19(17)27)24-16-8-5-9-21-11-16;1-12(2)26-11-21-16-17(22-14-6-4-5-13(3)9-14)24-19(25-18(16)26)23-15-7-8-20-10-15/h2*4,6-7,10,12-13,16,21H,5,8-9,11H2,1-3H3,(H2,23,24,25,26);4-6,9,11-12,15,20H,7-8,10H2,1-3H3,(H2,22,23,24,25)/t2*16-;15-/m100/s1. The number of anilines is 9. The summed E-state index contributed by atoms with van der Waals surface area (Å²) in [7, 11) is 0.